The summed E-state index contributed by atoms with van der Waals surface area (Å²) in [5, 5.41) is 11.2. The van der Waals surface area contributed by atoms with Gasteiger partial charge in [0.1, 0.15) is 5.75 Å². The Balaban J connectivity index is 1.80. The second-order valence-corrected chi connectivity index (χ2v) is 13.1. The zero-order chi connectivity index (χ0) is 23.0. The molecule has 1 aliphatic heterocycles. The van der Waals surface area contributed by atoms with Gasteiger partial charge in [-0.15, -0.1) is 10.2 Å². The van der Waals surface area contributed by atoms with Crippen LogP contribution in [0.25, 0.3) is 0 Å². The number of sulfonamides is 1. The van der Waals surface area contributed by atoms with Gasteiger partial charge in [-0.1, -0.05) is 63.8 Å². The topological polar surface area (TPSA) is 101 Å². The number of benzene rings is 1. The summed E-state index contributed by atoms with van der Waals surface area (Å²) in [6, 6.07) is 5.43. The van der Waals surface area contributed by atoms with E-state index < -0.39 is 22.0 Å². The molecule has 0 saturated carbocycles. The Bertz CT molecular complexity index is 1060. The number of aromatic nitrogens is 2. The van der Waals surface area contributed by atoms with E-state index in [0.717, 1.165) is 21.9 Å². The summed E-state index contributed by atoms with van der Waals surface area (Å²) in [6.45, 7) is 10.3. The predicted molar refractivity (Wildman–Crippen MR) is 126 cm³/mol. The van der Waals surface area contributed by atoms with Crippen LogP contribution in [0.2, 0.25) is 0 Å². The molecule has 1 N–H and O–H groups in total. The lowest BCUT2D eigenvalue weighted by Crippen LogP contribution is -2.48. The van der Waals surface area contributed by atoms with Crippen molar-refractivity contribution in [3.63, 3.8) is 0 Å². The molecule has 8 nitrogen and oxygen atoms in total. The minimum atomic E-state index is -3.61. The van der Waals surface area contributed by atoms with Crippen LogP contribution in [-0.4, -0.2) is 49.2 Å². The molecule has 1 amide bonds. The van der Waals surface area contributed by atoms with Crippen LogP contribution in [-0.2, 0) is 20.2 Å². The van der Waals surface area contributed by atoms with Gasteiger partial charge in [-0.05, 0) is 29.0 Å². The van der Waals surface area contributed by atoms with Crippen molar-refractivity contribution in [1.82, 2.24) is 10.2 Å². The van der Waals surface area contributed by atoms with Crippen LogP contribution in [0.4, 0.5) is 10.8 Å². The molecule has 0 saturated heterocycles. The summed E-state index contributed by atoms with van der Waals surface area (Å²) in [7, 11) is -3.61. The second kappa shape index (κ2) is 8.95. The lowest BCUT2D eigenvalue weighted by Gasteiger charge is -2.35. The second-order valence-electron chi connectivity index (χ2n) is 8.90. The number of ether oxygens (including phenoxy) is 1. The molecule has 0 fully saturated rings. The molecule has 2 heterocycles. The van der Waals surface area contributed by atoms with Crippen LogP contribution in [0.5, 0.6) is 5.75 Å². The molecule has 1 unspecified atom stereocenters. The van der Waals surface area contributed by atoms with Crippen LogP contribution in [0.15, 0.2) is 22.5 Å². The molecule has 1 aromatic heterocycles. The van der Waals surface area contributed by atoms with E-state index in [-0.39, 0.29) is 12.0 Å². The first kappa shape index (κ1) is 23.8. The Kier molecular flexibility index (Phi) is 6.87. The van der Waals surface area contributed by atoms with E-state index in [0.29, 0.717) is 22.5 Å². The summed E-state index contributed by atoms with van der Waals surface area (Å²) in [5.41, 5.74) is 1.27. The number of carbonyl (C=O) groups excluding carboxylic acids is 1. The van der Waals surface area contributed by atoms with Crippen molar-refractivity contribution in [1.29, 1.82) is 0 Å². The molecule has 0 radical (unpaired) electrons. The molecule has 11 heteroatoms. The number of fused-ring (bicyclic) bond motifs is 1. The molecule has 0 bridgehead atoms. The first-order valence-electron chi connectivity index (χ1n) is 9.90. The number of hydrogen-bond acceptors (Lipinski definition) is 8. The van der Waals surface area contributed by atoms with Crippen molar-refractivity contribution in [2.24, 2.45) is 5.92 Å². The van der Waals surface area contributed by atoms with E-state index >= 15 is 0 Å². The smallest absolute Gasteiger partial charge is 0.269 e. The Labute approximate surface area is 191 Å². The standard InChI is InChI=1S/C20H28N4O4S3/c1-12(2)11-29-19-23-22-18(30-19)21-17(25)16-10-24(31(6,26)27)14-9-13(20(3,4)5)7-8-15(14)28-16/h7-9,12,16H,10-11H2,1-6H3,(H,21,22,25). The third-order valence-electron chi connectivity index (χ3n) is 4.56. The lowest BCUT2D eigenvalue weighted by molar-refractivity contribution is -0.122. The highest BCUT2D eigenvalue weighted by Crippen LogP contribution is 2.39. The van der Waals surface area contributed by atoms with Gasteiger partial charge >= 0.3 is 0 Å². The fourth-order valence-corrected chi connectivity index (χ4v) is 5.55. The largest absolute Gasteiger partial charge is 0.476 e. The quantitative estimate of drug-likeness (QED) is 0.492. The van der Waals surface area contributed by atoms with Crippen LogP contribution < -0.4 is 14.4 Å². The van der Waals surface area contributed by atoms with Gasteiger partial charge in [0.15, 0.2) is 10.4 Å². The number of anilines is 2. The summed E-state index contributed by atoms with van der Waals surface area (Å²) in [6.07, 6.45) is 0.127. The van der Waals surface area contributed by atoms with Gasteiger partial charge in [-0.25, -0.2) is 8.42 Å². The third kappa shape index (κ3) is 5.89. The Morgan fingerprint density at radius 3 is 2.68 bits per heavy atom. The molecular weight excluding hydrogens is 456 g/mol. The first-order valence-corrected chi connectivity index (χ1v) is 13.6. The van der Waals surface area contributed by atoms with Gasteiger partial charge in [0.25, 0.3) is 5.91 Å². The van der Waals surface area contributed by atoms with E-state index in [1.807, 2.05) is 12.1 Å². The van der Waals surface area contributed by atoms with Crippen molar-refractivity contribution < 1.29 is 17.9 Å². The highest BCUT2D eigenvalue weighted by Gasteiger charge is 2.36. The molecule has 3 rings (SSSR count). The van der Waals surface area contributed by atoms with Crippen LogP contribution in [0.1, 0.15) is 40.2 Å². The zero-order valence-corrected chi connectivity index (χ0v) is 20.9. The van der Waals surface area contributed by atoms with E-state index in [9.17, 15) is 13.2 Å². The molecule has 0 spiro atoms. The van der Waals surface area contributed by atoms with E-state index in [2.05, 4.69) is 50.1 Å². The average molecular weight is 485 g/mol. The maximum atomic E-state index is 12.8. The van der Waals surface area contributed by atoms with Gasteiger partial charge < -0.3 is 4.74 Å². The van der Waals surface area contributed by atoms with Crippen molar-refractivity contribution in [3.8, 4) is 5.75 Å². The van der Waals surface area contributed by atoms with Crippen LogP contribution in [0.3, 0.4) is 0 Å². The molecule has 1 aliphatic rings. The number of amides is 1. The maximum Gasteiger partial charge on any atom is 0.269 e. The monoisotopic (exact) mass is 484 g/mol. The summed E-state index contributed by atoms with van der Waals surface area (Å²) in [4.78, 5) is 12.8. The van der Waals surface area contributed by atoms with Crippen molar-refractivity contribution in [3.05, 3.63) is 23.8 Å². The van der Waals surface area contributed by atoms with E-state index in [1.54, 1.807) is 17.8 Å². The van der Waals surface area contributed by atoms with Gasteiger partial charge in [0, 0.05) is 5.75 Å². The minimum Gasteiger partial charge on any atom is -0.476 e. The summed E-state index contributed by atoms with van der Waals surface area (Å²) >= 11 is 2.87. The average Bonchev–Trinajstić information content (AvgIpc) is 3.10. The number of nitrogens with zero attached hydrogens (tertiary/aromatic N) is 3. The van der Waals surface area contributed by atoms with Crippen molar-refractivity contribution in [2.75, 3.05) is 28.2 Å². The third-order valence-corrected chi connectivity index (χ3v) is 8.11. The van der Waals surface area contributed by atoms with E-state index in [1.165, 1.54) is 15.6 Å². The normalized spacial score (nSPS) is 16.7. The molecule has 2 aromatic rings. The van der Waals surface area contributed by atoms with Crippen LogP contribution >= 0.6 is 23.1 Å². The molecule has 170 valence electrons. The van der Waals surface area contributed by atoms with Crippen molar-refractivity contribution in [2.45, 2.75) is 50.5 Å². The Morgan fingerprint density at radius 2 is 2.06 bits per heavy atom. The number of rotatable bonds is 6. The SMILES string of the molecule is CC(C)CSc1nnc(NC(=O)C2CN(S(C)(=O)=O)c3cc(C(C)(C)C)ccc3O2)s1. The molecule has 31 heavy (non-hydrogen) atoms. The highest BCUT2D eigenvalue weighted by molar-refractivity contribution is 8.01. The Morgan fingerprint density at radius 1 is 1.35 bits per heavy atom. The number of thioether (sulfide) groups is 1. The van der Waals surface area contributed by atoms with Crippen LogP contribution in [0, 0.1) is 5.92 Å². The number of hydrogen-bond donors (Lipinski definition) is 1. The van der Waals surface area contributed by atoms with Gasteiger partial charge in [-0.2, -0.15) is 0 Å². The molecular formula is C20H28N4O4S3. The highest BCUT2D eigenvalue weighted by atomic mass is 32.2. The van der Waals surface area contributed by atoms with Crippen molar-refractivity contribution >= 4 is 49.8 Å². The fraction of sp³-hybridized carbons (Fsp3) is 0.550. The number of carbonyl (C=O) groups is 1. The number of nitrogens with one attached hydrogen (secondary N) is 1. The van der Waals surface area contributed by atoms with E-state index in [4.69, 9.17) is 4.74 Å². The fourth-order valence-electron chi connectivity index (χ4n) is 2.91. The molecule has 1 atom stereocenters. The van der Waals surface area contributed by atoms with Gasteiger partial charge in [-0.3, -0.25) is 14.4 Å². The summed E-state index contributed by atoms with van der Waals surface area (Å²) < 4.78 is 32.8. The zero-order valence-electron chi connectivity index (χ0n) is 18.5. The van der Waals surface area contributed by atoms with Gasteiger partial charge in [0.05, 0.1) is 18.5 Å². The minimum absolute atomic E-state index is 0.112. The van der Waals surface area contributed by atoms with Gasteiger partial charge in [0.2, 0.25) is 15.2 Å². The molecule has 1 aromatic carbocycles. The lowest BCUT2D eigenvalue weighted by atomic mass is 9.86. The predicted octanol–water partition coefficient (Wildman–Crippen LogP) is 3.75. The summed E-state index contributed by atoms with van der Waals surface area (Å²) in [5.74, 6) is 1.32. The molecule has 0 aliphatic carbocycles. The first-order chi connectivity index (χ1) is 14.3. The maximum absolute atomic E-state index is 12.8. The Hall–Kier alpha value is -1.85.